The monoisotopic (exact) mass is 429 g/mol. The number of allylic oxidation sites excluding steroid dienone is 2. The zero-order valence-corrected chi connectivity index (χ0v) is 18.1. The van der Waals surface area contributed by atoms with Crippen LogP contribution < -0.4 is 26.6 Å². The van der Waals surface area contributed by atoms with Gasteiger partial charge in [-0.15, -0.1) is 0 Å². The molecule has 0 aliphatic carbocycles. The van der Waals surface area contributed by atoms with Gasteiger partial charge >= 0.3 is 0 Å². The SMILES string of the molecule is CC(=N)N1C(=N)[C@@H](C)CN(c2ccc(C(N)=O)cc2)c2cc(C3=CC=C(N)NC3)ccc21. The maximum atomic E-state index is 11.5. The first-order chi connectivity index (χ1) is 15.3. The fourth-order valence-corrected chi connectivity index (χ4v) is 4.05. The Balaban J connectivity index is 1.88. The summed E-state index contributed by atoms with van der Waals surface area (Å²) in [5, 5.41) is 20.2. The van der Waals surface area contributed by atoms with E-state index in [9.17, 15) is 4.79 Å². The number of hydrogen-bond acceptors (Lipinski definition) is 6. The molecule has 0 spiro atoms. The van der Waals surface area contributed by atoms with Crippen LogP contribution in [0.1, 0.15) is 29.8 Å². The fraction of sp³-hybridized carbons (Fsp3) is 0.208. The highest BCUT2D eigenvalue weighted by Crippen LogP contribution is 2.40. The maximum absolute atomic E-state index is 11.5. The van der Waals surface area contributed by atoms with Gasteiger partial charge in [0.15, 0.2) is 0 Å². The summed E-state index contributed by atoms with van der Waals surface area (Å²) in [6.45, 7) is 4.85. The minimum atomic E-state index is -0.472. The van der Waals surface area contributed by atoms with Gasteiger partial charge in [0.05, 0.1) is 17.2 Å². The molecule has 2 aliphatic rings. The van der Waals surface area contributed by atoms with Crippen molar-refractivity contribution < 1.29 is 4.79 Å². The van der Waals surface area contributed by atoms with Crippen molar-refractivity contribution in [3.05, 3.63) is 71.6 Å². The van der Waals surface area contributed by atoms with Crippen LogP contribution in [0.15, 0.2) is 60.4 Å². The van der Waals surface area contributed by atoms with Crippen LogP contribution in [-0.2, 0) is 0 Å². The highest BCUT2D eigenvalue weighted by molar-refractivity contribution is 6.19. The third kappa shape index (κ3) is 3.82. The summed E-state index contributed by atoms with van der Waals surface area (Å²) in [6.07, 6.45) is 3.84. The number of amidine groups is 2. The van der Waals surface area contributed by atoms with Gasteiger partial charge < -0.3 is 21.7 Å². The summed E-state index contributed by atoms with van der Waals surface area (Å²) >= 11 is 0. The molecule has 2 aromatic carbocycles. The van der Waals surface area contributed by atoms with Gasteiger partial charge in [0.25, 0.3) is 0 Å². The Morgan fingerprint density at radius 3 is 2.44 bits per heavy atom. The van der Waals surface area contributed by atoms with Crippen LogP contribution in [0.5, 0.6) is 0 Å². The van der Waals surface area contributed by atoms with E-state index in [0.29, 0.717) is 30.3 Å². The number of carbonyl (C=O) groups is 1. The average molecular weight is 430 g/mol. The average Bonchev–Trinajstić information content (AvgIpc) is 2.88. The molecular weight excluding hydrogens is 402 g/mol. The highest BCUT2D eigenvalue weighted by Gasteiger charge is 2.31. The summed E-state index contributed by atoms with van der Waals surface area (Å²) in [6, 6.07) is 13.2. The number of carbonyl (C=O) groups excluding carboxylic acids is 1. The van der Waals surface area contributed by atoms with Crippen molar-refractivity contribution in [1.82, 2.24) is 5.32 Å². The van der Waals surface area contributed by atoms with Gasteiger partial charge in [0, 0.05) is 30.3 Å². The zero-order chi connectivity index (χ0) is 23.0. The minimum absolute atomic E-state index is 0.125. The molecule has 0 unspecified atom stereocenters. The van der Waals surface area contributed by atoms with Gasteiger partial charge in [-0.2, -0.15) is 0 Å². The number of nitrogens with one attached hydrogen (secondary N) is 3. The standard InChI is InChI=1S/C24H27N7O/c1-14-13-30(19-7-3-16(4-8-19)24(28)32)21-11-17(18-6-10-22(26)29-12-18)5-9-20(21)31(15(2)25)23(14)27/h3-11,14,25,27,29H,12-13,26H2,1-2H3,(H2,28,32)/t14-/m0/s1. The second-order valence-corrected chi connectivity index (χ2v) is 8.10. The molecule has 7 N–H and O–H groups in total. The molecule has 0 aromatic heterocycles. The van der Waals surface area contributed by atoms with Crippen LogP contribution in [0, 0.1) is 16.7 Å². The maximum Gasteiger partial charge on any atom is 0.248 e. The molecule has 8 heteroatoms. The summed E-state index contributed by atoms with van der Waals surface area (Å²) in [5.74, 6) is 0.695. The largest absolute Gasteiger partial charge is 0.386 e. The number of nitrogens with two attached hydrogens (primary N) is 2. The van der Waals surface area contributed by atoms with E-state index in [-0.39, 0.29) is 11.8 Å². The Kier molecular flexibility index (Phi) is 5.44. The van der Waals surface area contributed by atoms with Crippen molar-refractivity contribution in [1.29, 1.82) is 10.8 Å². The third-order valence-electron chi connectivity index (χ3n) is 5.79. The van der Waals surface area contributed by atoms with Crippen LogP contribution in [0.4, 0.5) is 17.1 Å². The van der Waals surface area contributed by atoms with E-state index >= 15 is 0 Å². The van der Waals surface area contributed by atoms with E-state index in [1.165, 1.54) is 0 Å². The van der Waals surface area contributed by atoms with Crippen molar-refractivity contribution in [2.24, 2.45) is 17.4 Å². The van der Waals surface area contributed by atoms with Crippen molar-refractivity contribution in [3.8, 4) is 0 Å². The lowest BCUT2D eigenvalue weighted by Crippen LogP contribution is -2.38. The molecule has 2 aromatic rings. The van der Waals surface area contributed by atoms with Gasteiger partial charge in [-0.05, 0) is 60.5 Å². The lowest BCUT2D eigenvalue weighted by molar-refractivity contribution is 0.100. The minimum Gasteiger partial charge on any atom is -0.386 e. The molecule has 0 radical (unpaired) electrons. The Labute approximate surface area is 187 Å². The molecule has 0 fully saturated rings. The number of benzene rings is 2. The van der Waals surface area contributed by atoms with Gasteiger partial charge in [-0.3, -0.25) is 20.5 Å². The lowest BCUT2D eigenvalue weighted by Gasteiger charge is -2.28. The normalized spacial score (nSPS) is 18.2. The van der Waals surface area contributed by atoms with Gasteiger partial charge in [-0.1, -0.05) is 19.1 Å². The van der Waals surface area contributed by atoms with E-state index in [2.05, 4.69) is 16.3 Å². The molecule has 0 bridgehead atoms. The van der Waals surface area contributed by atoms with E-state index in [4.69, 9.17) is 22.3 Å². The number of anilines is 3. The molecule has 1 amide bonds. The molecule has 2 heterocycles. The molecule has 164 valence electrons. The number of fused-ring (bicyclic) bond motifs is 1. The smallest absolute Gasteiger partial charge is 0.248 e. The quantitative estimate of drug-likeness (QED) is 0.377. The molecule has 0 saturated heterocycles. The number of primary amides is 1. The summed E-state index contributed by atoms with van der Waals surface area (Å²) in [7, 11) is 0. The Morgan fingerprint density at radius 2 is 1.84 bits per heavy atom. The molecule has 8 nitrogen and oxygen atoms in total. The Hall–Kier alpha value is -4.07. The van der Waals surface area contributed by atoms with Crippen molar-refractivity contribution in [2.45, 2.75) is 13.8 Å². The Bertz CT molecular complexity index is 1160. The van der Waals surface area contributed by atoms with E-state index in [1.54, 1.807) is 24.0 Å². The molecule has 4 rings (SSSR count). The lowest BCUT2D eigenvalue weighted by atomic mass is 10.0. The second-order valence-electron chi connectivity index (χ2n) is 8.10. The number of amides is 1. The number of hydrogen-bond donors (Lipinski definition) is 5. The predicted molar refractivity (Wildman–Crippen MR) is 129 cm³/mol. The fourth-order valence-electron chi connectivity index (χ4n) is 4.05. The van der Waals surface area contributed by atoms with Crippen LogP contribution in [0.2, 0.25) is 0 Å². The molecule has 1 atom stereocenters. The molecule has 2 aliphatic heterocycles. The first-order valence-corrected chi connectivity index (χ1v) is 10.4. The zero-order valence-electron chi connectivity index (χ0n) is 18.1. The first-order valence-electron chi connectivity index (χ1n) is 10.4. The van der Waals surface area contributed by atoms with Gasteiger partial charge in [0.1, 0.15) is 11.7 Å². The summed E-state index contributed by atoms with van der Waals surface area (Å²) in [5.41, 5.74) is 16.4. The van der Waals surface area contributed by atoms with Crippen LogP contribution in [0.25, 0.3) is 5.57 Å². The van der Waals surface area contributed by atoms with Gasteiger partial charge in [0.2, 0.25) is 5.91 Å². The molecular formula is C24H27N7O. The van der Waals surface area contributed by atoms with Crippen molar-refractivity contribution >= 4 is 40.2 Å². The van der Waals surface area contributed by atoms with E-state index < -0.39 is 5.91 Å². The van der Waals surface area contributed by atoms with E-state index in [1.807, 2.05) is 43.3 Å². The van der Waals surface area contributed by atoms with Crippen LogP contribution >= 0.6 is 0 Å². The number of dihydropyridines is 1. The predicted octanol–water partition coefficient (Wildman–Crippen LogP) is 3.14. The molecule has 0 saturated carbocycles. The van der Waals surface area contributed by atoms with Crippen molar-refractivity contribution in [2.75, 3.05) is 22.9 Å². The first kappa shape index (κ1) is 21.2. The number of rotatable bonds is 3. The highest BCUT2D eigenvalue weighted by atomic mass is 16.1. The summed E-state index contributed by atoms with van der Waals surface area (Å²) in [4.78, 5) is 15.3. The van der Waals surface area contributed by atoms with Gasteiger partial charge in [-0.25, -0.2) is 0 Å². The van der Waals surface area contributed by atoms with Crippen LogP contribution in [-0.4, -0.2) is 30.7 Å². The van der Waals surface area contributed by atoms with Crippen molar-refractivity contribution in [3.63, 3.8) is 0 Å². The number of nitrogens with zero attached hydrogens (tertiary/aromatic N) is 2. The second kappa shape index (κ2) is 8.22. The topological polar surface area (TPSA) is 135 Å². The molecule has 32 heavy (non-hydrogen) atoms. The Morgan fingerprint density at radius 1 is 1.12 bits per heavy atom. The summed E-state index contributed by atoms with van der Waals surface area (Å²) < 4.78 is 0. The van der Waals surface area contributed by atoms with E-state index in [0.717, 1.165) is 28.2 Å². The van der Waals surface area contributed by atoms with Crippen LogP contribution in [0.3, 0.4) is 0 Å². The third-order valence-corrected chi connectivity index (χ3v) is 5.79.